The summed E-state index contributed by atoms with van der Waals surface area (Å²) in [6.45, 7) is 4.02. The van der Waals surface area contributed by atoms with Crippen LogP contribution in [0.5, 0.6) is 0 Å². The van der Waals surface area contributed by atoms with Crippen LogP contribution in [0.25, 0.3) is 0 Å². The number of benzene rings is 2. The molecule has 2 aromatic carbocycles. The Morgan fingerprint density at radius 1 is 0.895 bits per heavy atom. The summed E-state index contributed by atoms with van der Waals surface area (Å²) in [5.74, 6) is 0. The van der Waals surface area contributed by atoms with Crippen molar-refractivity contribution in [3.63, 3.8) is 0 Å². The number of nitrogens with two attached hydrogens (primary N) is 1. The molecule has 3 heteroatoms. The van der Waals surface area contributed by atoms with Crippen molar-refractivity contribution in [2.24, 2.45) is 0 Å². The average molecular weight is 253 g/mol. The van der Waals surface area contributed by atoms with Crippen molar-refractivity contribution in [2.45, 2.75) is 6.92 Å². The van der Waals surface area contributed by atoms with Gasteiger partial charge in [0.15, 0.2) is 0 Å². The summed E-state index contributed by atoms with van der Waals surface area (Å²) in [5.41, 5.74) is 11.9. The Labute approximate surface area is 114 Å². The second-order valence-electron chi connectivity index (χ2n) is 5.07. The lowest BCUT2D eigenvalue weighted by atomic mass is 10.1. The molecule has 0 atom stereocenters. The number of anilines is 4. The average Bonchev–Trinajstić information content (AvgIpc) is 2.43. The highest BCUT2D eigenvalue weighted by Crippen LogP contribution is 2.39. The fourth-order valence-corrected chi connectivity index (χ4v) is 2.66. The molecule has 98 valence electrons. The first-order valence-corrected chi connectivity index (χ1v) is 6.61. The molecule has 1 heterocycles. The summed E-state index contributed by atoms with van der Waals surface area (Å²) in [6, 6.07) is 14.7. The molecule has 19 heavy (non-hydrogen) atoms. The largest absolute Gasteiger partial charge is 0.397 e. The van der Waals surface area contributed by atoms with Crippen molar-refractivity contribution in [1.82, 2.24) is 0 Å². The summed E-state index contributed by atoms with van der Waals surface area (Å²) in [7, 11) is 2.13. The van der Waals surface area contributed by atoms with Gasteiger partial charge in [0.25, 0.3) is 0 Å². The predicted molar refractivity (Wildman–Crippen MR) is 82.3 cm³/mol. The molecule has 0 amide bonds. The Balaban J connectivity index is 2.12. The first-order chi connectivity index (χ1) is 9.18. The molecule has 3 rings (SSSR count). The highest BCUT2D eigenvalue weighted by molar-refractivity contribution is 5.84. The van der Waals surface area contributed by atoms with Crippen molar-refractivity contribution in [1.29, 1.82) is 0 Å². The zero-order valence-electron chi connectivity index (χ0n) is 11.4. The zero-order valence-corrected chi connectivity index (χ0v) is 11.4. The van der Waals surface area contributed by atoms with Gasteiger partial charge in [-0.15, -0.1) is 0 Å². The molecule has 0 aliphatic carbocycles. The first kappa shape index (κ1) is 11.9. The minimum Gasteiger partial charge on any atom is -0.397 e. The van der Waals surface area contributed by atoms with Gasteiger partial charge in [-0.2, -0.15) is 0 Å². The van der Waals surface area contributed by atoms with Gasteiger partial charge in [-0.1, -0.05) is 24.3 Å². The van der Waals surface area contributed by atoms with Crippen molar-refractivity contribution in [2.75, 3.05) is 35.7 Å². The minimum absolute atomic E-state index is 0.877. The van der Waals surface area contributed by atoms with Gasteiger partial charge >= 0.3 is 0 Å². The van der Waals surface area contributed by atoms with Crippen LogP contribution in [0, 0.1) is 6.92 Å². The number of fused-ring (bicyclic) bond motifs is 1. The maximum absolute atomic E-state index is 6.25. The number of aryl methyl sites for hydroxylation is 1. The van der Waals surface area contributed by atoms with Crippen molar-refractivity contribution >= 4 is 22.7 Å². The van der Waals surface area contributed by atoms with Gasteiger partial charge in [-0.25, -0.2) is 0 Å². The zero-order chi connectivity index (χ0) is 13.4. The highest BCUT2D eigenvalue weighted by Gasteiger charge is 2.22. The molecule has 2 N–H and O–H groups in total. The molecule has 0 fully saturated rings. The Kier molecular flexibility index (Phi) is 2.82. The Morgan fingerprint density at radius 2 is 1.58 bits per heavy atom. The molecule has 1 aliphatic rings. The quantitative estimate of drug-likeness (QED) is 0.792. The van der Waals surface area contributed by atoms with E-state index in [1.807, 2.05) is 0 Å². The van der Waals surface area contributed by atoms with Gasteiger partial charge in [0.2, 0.25) is 0 Å². The topological polar surface area (TPSA) is 32.5 Å². The SMILES string of the molecule is Cc1cccc(N2CCN(C)c3ccccc32)c1N. The highest BCUT2D eigenvalue weighted by atomic mass is 15.3. The van der Waals surface area contributed by atoms with E-state index in [1.165, 1.54) is 11.4 Å². The van der Waals surface area contributed by atoms with E-state index in [9.17, 15) is 0 Å². The third-order valence-corrected chi connectivity index (χ3v) is 3.83. The van der Waals surface area contributed by atoms with Gasteiger partial charge < -0.3 is 15.5 Å². The van der Waals surface area contributed by atoms with Crippen LogP contribution in [-0.4, -0.2) is 20.1 Å². The summed E-state index contributed by atoms with van der Waals surface area (Å²) < 4.78 is 0. The lowest BCUT2D eigenvalue weighted by molar-refractivity contribution is 0.822. The molecule has 0 saturated heterocycles. The standard InChI is InChI=1S/C16H19N3/c1-12-6-5-9-15(16(12)17)19-11-10-18(2)13-7-3-4-8-14(13)19/h3-9H,10-11,17H2,1-2H3. The molecule has 3 nitrogen and oxygen atoms in total. The van der Waals surface area contributed by atoms with E-state index in [1.54, 1.807) is 0 Å². The van der Waals surface area contributed by atoms with Gasteiger partial charge in [0, 0.05) is 20.1 Å². The van der Waals surface area contributed by atoms with Gasteiger partial charge in [0.05, 0.1) is 22.7 Å². The second-order valence-corrected chi connectivity index (χ2v) is 5.07. The minimum atomic E-state index is 0.877. The van der Waals surface area contributed by atoms with Crippen LogP contribution < -0.4 is 15.5 Å². The lowest BCUT2D eigenvalue weighted by Crippen LogP contribution is -2.36. The molecular weight excluding hydrogens is 234 g/mol. The van der Waals surface area contributed by atoms with E-state index >= 15 is 0 Å². The number of rotatable bonds is 1. The summed E-state index contributed by atoms with van der Waals surface area (Å²) in [6.07, 6.45) is 0. The molecule has 0 aromatic heterocycles. The molecule has 0 saturated carbocycles. The number of hydrogen-bond acceptors (Lipinski definition) is 3. The van der Waals surface area contributed by atoms with Crippen LogP contribution in [0.1, 0.15) is 5.56 Å². The fourth-order valence-electron chi connectivity index (χ4n) is 2.66. The smallest absolute Gasteiger partial charge is 0.0649 e. The van der Waals surface area contributed by atoms with E-state index in [0.717, 1.165) is 30.0 Å². The molecular formula is C16H19N3. The maximum Gasteiger partial charge on any atom is 0.0649 e. The fraction of sp³-hybridized carbons (Fsp3) is 0.250. The van der Waals surface area contributed by atoms with Crippen LogP contribution >= 0.6 is 0 Å². The van der Waals surface area contributed by atoms with Crippen LogP contribution in [-0.2, 0) is 0 Å². The van der Waals surface area contributed by atoms with Crippen LogP contribution in [0.4, 0.5) is 22.7 Å². The maximum atomic E-state index is 6.25. The van der Waals surface area contributed by atoms with Crippen molar-refractivity contribution in [3.05, 3.63) is 48.0 Å². The Bertz CT molecular complexity index is 607. The number of nitrogens with zero attached hydrogens (tertiary/aromatic N) is 2. The lowest BCUT2D eigenvalue weighted by Gasteiger charge is -2.37. The van der Waals surface area contributed by atoms with Crippen molar-refractivity contribution < 1.29 is 0 Å². The first-order valence-electron chi connectivity index (χ1n) is 6.61. The number of hydrogen-bond donors (Lipinski definition) is 1. The Morgan fingerprint density at radius 3 is 2.37 bits per heavy atom. The van der Waals surface area contributed by atoms with Crippen LogP contribution in [0.15, 0.2) is 42.5 Å². The number of likely N-dealkylation sites (N-methyl/N-ethyl adjacent to an activating group) is 1. The van der Waals surface area contributed by atoms with Gasteiger partial charge in [0.1, 0.15) is 0 Å². The molecule has 0 radical (unpaired) electrons. The predicted octanol–water partition coefficient (Wildman–Crippen LogP) is 3.17. The second kappa shape index (κ2) is 4.50. The monoisotopic (exact) mass is 253 g/mol. The molecule has 1 aliphatic heterocycles. The van der Waals surface area contributed by atoms with Crippen molar-refractivity contribution in [3.8, 4) is 0 Å². The Hall–Kier alpha value is -2.16. The van der Waals surface area contributed by atoms with E-state index in [2.05, 4.69) is 66.2 Å². The van der Waals surface area contributed by atoms with Gasteiger partial charge in [-0.3, -0.25) is 0 Å². The van der Waals surface area contributed by atoms with E-state index < -0.39 is 0 Å². The molecule has 0 unspecified atom stereocenters. The number of nitrogen functional groups attached to an aromatic ring is 1. The molecule has 0 bridgehead atoms. The summed E-state index contributed by atoms with van der Waals surface area (Å²) in [4.78, 5) is 4.61. The third-order valence-electron chi connectivity index (χ3n) is 3.83. The van der Waals surface area contributed by atoms with Crippen LogP contribution in [0.2, 0.25) is 0 Å². The van der Waals surface area contributed by atoms with E-state index in [4.69, 9.17) is 5.73 Å². The summed E-state index contributed by atoms with van der Waals surface area (Å²) >= 11 is 0. The normalized spacial score (nSPS) is 14.4. The molecule has 0 spiro atoms. The number of para-hydroxylation sites is 3. The third kappa shape index (κ3) is 1.91. The molecule has 2 aromatic rings. The van der Waals surface area contributed by atoms with E-state index in [0.29, 0.717) is 0 Å². The summed E-state index contributed by atoms with van der Waals surface area (Å²) in [5, 5.41) is 0. The van der Waals surface area contributed by atoms with Gasteiger partial charge in [-0.05, 0) is 30.7 Å². The van der Waals surface area contributed by atoms with E-state index in [-0.39, 0.29) is 0 Å². The van der Waals surface area contributed by atoms with Crippen LogP contribution in [0.3, 0.4) is 0 Å².